The van der Waals surface area contributed by atoms with Crippen LogP contribution in [0.1, 0.15) is 18.2 Å². The number of aryl methyl sites for hydroxylation is 1. The second kappa shape index (κ2) is 4.02. The van der Waals surface area contributed by atoms with E-state index in [2.05, 4.69) is 52.9 Å². The Morgan fingerprint density at radius 1 is 1.11 bits per heavy atom. The van der Waals surface area contributed by atoms with E-state index in [1.165, 1.54) is 5.56 Å². The van der Waals surface area contributed by atoms with E-state index in [1.807, 2.05) is 19.1 Å². The number of anilines is 2. The first-order valence-electron chi connectivity index (χ1n) is 6.23. The summed E-state index contributed by atoms with van der Waals surface area (Å²) in [5.74, 6) is 0.938. The molecule has 18 heavy (non-hydrogen) atoms. The van der Waals surface area contributed by atoms with Gasteiger partial charge in [-0.05, 0) is 31.5 Å². The molecular formula is C15H17N3. The predicted molar refractivity (Wildman–Crippen MR) is 74.9 cm³/mol. The Morgan fingerprint density at radius 3 is 2.67 bits per heavy atom. The van der Waals surface area contributed by atoms with Gasteiger partial charge >= 0.3 is 0 Å². The molecular weight excluding hydrogens is 222 g/mol. The minimum absolute atomic E-state index is 0.116. The molecule has 3 heteroatoms. The van der Waals surface area contributed by atoms with Crippen molar-refractivity contribution >= 4 is 11.5 Å². The fourth-order valence-corrected chi connectivity index (χ4v) is 2.35. The molecule has 2 heterocycles. The highest BCUT2D eigenvalue weighted by molar-refractivity contribution is 5.69. The van der Waals surface area contributed by atoms with Gasteiger partial charge in [0.1, 0.15) is 5.82 Å². The Labute approximate surface area is 107 Å². The lowest BCUT2D eigenvalue weighted by atomic mass is 9.90. The summed E-state index contributed by atoms with van der Waals surface area (Å²) in [5, 5.41) is 7.01. The fourth-order valence-electron chi connectivity index (χ4n) is 2.35. The van der Waals surface area contributed by atoms with Gasteiger partial charge in [0.25, 0.3) is 0 Å². The molecule has 3 rings (SSSR count). The highest BCUT2D eigenvalue weighted by Gasteiger charge is 2.31. The number of hydrogen-bond acceptors (Lipinski definition) is 3. The summed E-state index contributed by atoms with van der Waals surface area (Å²) < 4.78 is 0. The van der Waals surface area contributed by atoms with Crippen LogP contribution in [0, 0.1) is 6.92 Å². The quantitative estimate of drug-likeness (QED) is 0.802. The van der Waals surface area contributed by atoms with E-state index in [9.17, 15) is 0 Å². The molecule has 3 nitrogen and oxygen atoms in total. The van der Waals surface area contributed by atoms with E-state index in [1.54, 1.807) is 0 Å². The van der Waals surface area contributed by atoms with Crippen molar-refractivity contribution in [3.05, 3.63) is 53.7 Å². The van der Waals surface area contributed by atoms with Crippen molar-refractivity contribution in [1.29, 1.82) is 0 Å². The Balaban J connectivity index is 1.99. The van der Waals surface area contributed by atoms with Crippen LogP contribution in [0.4, 0.5) is 11.5 Å². The Kier molecular flexibility index (Phi) is 2.47. The molecule has 1 unspecified atom stereocenters. The third-order valence-electron chi connectivity index (χ3n) is 3.47. The summed E-state index contributed by atoms with van der Waals surface area (Å²) >= 11 is 0. The van der Waals surface area contributed by atoms with Crippen LogP contribution in [0.25, 0.3) is 0 Å². The molecule has 1 aliphatic rings. The van der Waals surface area contributed by atoms with Gasteiger partial charge in [-0.1, -0.05) is 30.3 Å². The van der Waals surface area contributed by atoms with Crippen LogP contribution in [-0.2, 0) is 5.54 Å². The zero-order valence-electron chi connectivity index (χ0n) is 10.7. The molecule has 0 amide bonds. The summed E-state index contributed by atoms with van der Waals surface area (Å²) in [7, 11) is 0. The van der Waals surface area contributed by atoms with Crippen molar-refractivity contribution in [1.82, 2.24) is 4.98 Å². The summed E-state index contributed by atoms with van der Waals surface area (Å²) in [6, 6.07) is 14.6. The molecule has 0 bridgehead atoms. The maximum Gasteiger partial charge on any atom is 0.150 e. The number of rotatable bonds is 1. The van der Waals surface area contributed by atoms with Gasteiger partial charge in [-0.25, -0.2) is 4.98 Å². The summed E-state index contributed by atoms with van der Waals surface area (Å²) in [6.07, 6.45) is 0. The van der Waals surface area contributed by atoms with E-state index in [-0.39, 0.29) is 5.54 Å². The average molecular weight is 239 g/mol. The minimum Gasteiger partial charge on any atom is -0.379 e. The topological polar surface area (TPSA) is 37.0 Å². The summed E-state index contributed by atoms with van der Waals surface area (Å²) in [5.41, 5.74) is 3.26. The highest BCUT2D eigenvalue weighted by Crippen LogP contribution is 2.34. The molecule has 0 radical (unpaired) electrons. The van der Waals surface area contributed by atoms with Crippen LogP contribution in [0.15, 0.2) is 42.5 Å². The summed E-state index contributed by atoms with van der Waals surface area (Å²) in [6.45, 7) is 5.06. The normalized spacial score (nSPS) is 21.7. The smallest absolute Gasteiger partial charge is 0.150 e. The molecule has 0 fully saturated rings. The van der Waals surface area contributed by atoms with E-state index in [4.69, 9.17) is 0 Å². The van der Waals surface area contributed by atoms with Crippen molar-refractivity contribution in [2.45, 2.75) is 19.4 Å². The van der Waals surface area contributed by atoms with Crippen molar-refractivity contribution in [2.75, 3.05) is 17.2 Å². The Morgan fingerprint density at radius 2 is 1.89 bits per heavy atom. The maximum atomic E-state index is 4.56. The van der Waals surface area contributed by atoms with Crippen LogP contribution in [0.3, 0.4) is 0 Å². The number of fused-ring (bicyclic) bond motifs is 1. The molecule has 1 aliphatic heterocycles. The van der Waals surface area contributed by atoms with E-state index in [0.717, 1.165) is 23.7 Å². The fraction of sp³-hybridized carbons (Fsp3) is 0.267. The number of hydrogen-bond donors (Lipinski definition) is 2. The SMILES string of the molecule is Cc1ccc2c(n1)NC(C)(c1ccccc1)CN2. The maximum absolute atomic E-state index is 4.56. The van der Waals surface area contributed by atoms with Crippen LogP contribution in [-0.4, -0.2) is 11.5 Å². The number of aromatic nitrogens is 1. The van der Waals surface area contributed by atoms with Crippen LogP contribution in [0.2, 0.25) is 0 Å². The first kappa shape index (κ1) is 11.1. The first-order valence-corrected chi connectivity index (χ1v) is 6.23. The zero-order valence-corrected chi connectivity index (χ0v) is 10.7. The van der Waals surface area contributed by atoms with E-state index < -0.39 is 0 Å². The van der Waals surface area contributed by atoms with Gasteiger partial charge in [0.05, 0.1) is 11.2 Å². The third kappa shape index (κ3) is 1.82. The molecule has 1 aromatic heterocycles. The molecule has 2 N–H and O–H groups in total. The molecule has 2 aromatic rings. The molecule has 1 aromatic carbocycles. The zero-order chi connectivity index (χ0) is 12.6. The number of pyridine rings is 1. The van der Waals surface area contributed by atoms with Crippen molar-refractivity contribution in [3.8, 4) is 0 Å². The minimum atomic E-state index is -0.116. The molecule has 0 spiro atoms. The predicted octanol–water partition coefficient (Wildman–Crippen LogP) is 3.14. The van der Waals surface area contributed by atoms with Gasteiger partial charge < -0.3 is 10.6 Å². The van der Waals surface area contributed by atoms with Crippen LogP contribution in [0.5, 0.6) is 0 Å². The monoisotopic (exact) mass is 239 g/mol. The third-order valence-corrected chi connectivity index (χ3v) is 3.47. The molecule has 92 valence electrons. The lowest BCUT2D eigenvalue weighted by molar-refractivity contribution is 0.561. The van der Waals surface area contributed by atoms with Gasteiger partial charge in [0.2, 0.25) is 0 Å². The number of benzene rings is 1. The second-order valence-corrected chi connectivity index (χ2v) is 5.03. The van der Waals surface area contributed by atoms with Crippen LogP contribution >= 0.6 is 0 Å². The molecule has 0 saturated carbocycles. The largest absolute Gasteiger partial charge is 0.379 e. The second-order valence-electron chi connectivity index (χ2n) is 5.03. The van der Waals surface area contributed by atoms with Crippen molar-refractivity contribution < 1.29 is 0 Å². The van der Waals surface area contributed by atoms with Crippen molar-refractivity contribution in [2.24, 2.45) is 0 Å². The van der Waals surface area contributed by atoms with E-state index >= 15 is 0 Å². The Hall–Kier alpha value is -2.03. The number of nitrogens with zero attached hydrogens (tertiary/aromatic N) is 1. The molecule has 0 saturated heterocycles. The van der Waals surface area contributed by atoms with Gasteiger partial charge in [0, 0.05) is 12.2 Å². The van der Waals surface area contributed by atoms with Gasteiger partial charge in [0.15, 0.2) is 0 Å². The van der Waals surface area contributed by atoms with Crippen LogP contribution < -0.4 is 10.6 Å². The van der Waals surface area contributed by atoms with Gasteiger partial charge in [-0.2, -0.15) is 0 Å². The first-order chi connectivity index (χ1) is 8.67. The highest BCUT2D eigenvalue weighted by atomic mass is 15.2. The van der Waals surface area contributed by atoms with Crippen molar-refractivity contribution in [3.63, 3.8) is 0 Å². The summed E-state index contributed by atoms with van der Waals surface area (Å²) in [4.78, 5) is 4.56. The lowest BCUT2D eigenvalue weighted by Gasteiger charge is -2.37. The standard InChI is InChI=1S/C15H17N3/c1-11-8-9-13-14(17-11)18-15(2,10-16-13)12-6-4-3-5-7-12/h3-9,16H,10H2,1-2H3,(H,17,18). The van der Waals surface area contributed by atoms with E-state index in [0.29, 0.717) is 0 Å². The Bertz CT molecular complexity index is 565. The molecule has 1 atom stereocenters. The van der Waals surface area contributed by atoms with Gasteiger partial charge in [-0.15, -0.1) is 0 Å². The number of nitrogens with one attached hydrogen (secondary N) is 2. The average Bonchev–Trinajstić information content (AvgIpc) is 2.39. The lowest BCUT2D eigenvalue weighted by Crippen LogP contribution is -2.42. The molecule has 0 aliphatic carbocycles. The van der Waals surface area contributed by atoms with Gasteiger partial charge in [-0.3, -0.25) is 0 Å².